The van der Waals surface area contributed by atoms with Crippen LogP contribution in [0.15, 0.2) is 0 Å². The van der Waals surface area contributed by atoms with Gasteiger partial charge in [0.15, 0.2) is 0 Å². The number of aliphatic hydroxyl groups excluding tert-OH is 1. The zero-order valence-corrected chi connectivity index (χ0v) is 4.30. The highest BCUT2D eigenvalue weighted by atomic mass is 16.3. The summed E-state index contributed by atoms with van der Waals surface area (Å²) in [6.45, 7) is 0. The lowest BCUT2D eigenvalue weighted by molar-refractivity contribution is 0.233. The smallest absolute Gasteiger partial charge is 0.0603 e. The van der Waals surface area contributed by atoms with Crippen LogP contribution in [0, 0.1) is 11.8 Å². The third-order valence-electron chi connectivity index (χ3n) is 2.36. The summed E-state index contributed by atoms with van der Waals surface area (Å²) in [7, 11) is 0. The Morgan fingerprint density at radius 2 is 1.71 bits per heavy atom. The lowest BCUT2D eigenvalue weighted by atomic mass is 10.2. The zero-order valence-electron chi connectivity index (χ0n) is 4.30. The maximum Gasteiger partial charge on any atom is 0.0603 e. The first-order valence-corrected chi connectivity index (χ1v) is 3.07. The van der Waals surface area contributed by atoms with Gasteiger partial charge in [0.25, 0.3) is 0 Å². The van der Waals surface area contributed by atoms with Crippen LogP contribution < -0.4 is 0 Å². The molecule has 2 fully saturated rings. The SMILES string of the molecule is O[C@@H]1[C@H]2CCC[C@@H]12. The molecule has 2 aliphatic rings. The molecule has 0 aromatic heterocycles. The highest BCUT2D eigenvalue weighted by Crippen LogP contribution is 2.51. The first kappa shape index (κ1) is 3.90. The summed E-state index contributed by atoms with van der Waals surface area (Å²) >= 11 is 0. The Hall–Kier alpha value is -0.0400. The van der Waals surface area contributed by atoms with E-state index in [-0.39, 0.29) is 6.10 Å². The standard InChI is InChI=1S/C6H10O/c7-6-4-2-1-3-5(4)6/h4-7H,1-3H2/t4-,5+,6+. The molecule has 1 N–H and O–H groups in total. The van der Waals surface area contributed by atoms with Gasteiger partial charge in [-0.2, -0.15) is 0 Å². The Bertz CT molecular complexity index is 80.2. The van der Waals surface area contributed by atoms with Crippen molar-refractivity contribution in [3.05, 3.63) is 0 Å². The summed E-state index contributed by atoms with van der Waals surface area (Å²) in [5.41, 5.74) is 0. The highest BCUT2D eigenvalue weighted by molar-refractivity contribution is 5.01. The minimum Gasteiger partial charge on any atom is -0.393 e. The van der Waals surface area contributed by atoms with Crippen molar-refractivity contribution in [2.75, 3.05) is 0 Å². The molecule has 0 aliphatic heterocycles. The summed E-state index contributed by atoms with van der Waals surface area (Å²) in [5.74, 6) is 1.47. The fourth-order valence-corrected chi connectivity index (χ4v) is 1.78. The van der Waals surface area contributed by atoms with Gasteiger partial charge in [-0.3, -0.25) is 0 Å². The van der Waals surface area contributed by atoms with Crippen LogP contribution in [-0.2, 0) is 0 Å². The van der Waals surface area contributed by atoms with Crippen molar-refractivity contribution in [2.45, 2.75) is 25.4 Å². The molecule has 40 valence electrons. The second kappa shape index (κ2) is 1.03. The van der Waals surface area contributed by atoms with Crippen molar-refractivity contribution in [1.82, 2.24) is 0 Å². The van der Waals surface area contributed by atoms with E-state index in [9.17, 15) is 0 Å². The fraction of sp³-hybridized carbons (Fsp3) is 1.00. The van der Waals surface area contributed by atoms with E-state index in [1.54, 1.807) is 0 Å². The zero-order chi connectivity index (χ0) is 4.85. The largest absolute Gasteiger partial charge is 0.393 e. The van der Waals surface area contributed by atoms with E-state index in [1.807, 2.05) is 0 Å². The number of hydrogen-bond acceptors (Lipinski definition) is 1. The summed E-state index contributed by atoms with van der Waals surface area (Å²) in [6, 6.07) is 0. The average molecular weight is 98.1 g/mol. The molecule has 0 radical (unpaired) electrons. The van der Waals surface area contributed by atoms with Crippen LogP contribution in [0.25, 0.3) is 0 Å². The van der Waals surface area contributed by atoms with E-state index in [0.29, 0.717) is 0 Å². The lowest BCUT2D eigenvalue weighted by Gasteiger charge is -1.89. The molecule has 0 aromatic rings. The first-order valence-electron chi connectivity index (χ1n) is 3.07. The van der Waals surface area contributed by atoms with Crippen LogP contribution in [0.2, 0.25) is 0 Å². The van der Waals surface area contributed by atoms with Gasteiger partial charge >= 0.3 is 0 Å². The van der Waals surface area contributed by atoms with Crippen LogP contribution >= 0.6 is 0 Å². The molecule has 0 unspecified atom stereocenters. The number of fused-ring (bicyclic) bond motifs is 1. The van der Waals surface area contributed by atoms with E-state index in [0.717, 1.165) is 11.8 Å². The topological polar surface area (TPSA) is 20.2 Å². The Morgan fingerprint density at radius 1 is 1.14 bits per heavy atom. The van der Waals surface area contributed by atoms with Crippen molar-refractivity contribution >= 4 is 0 Å². The Kier molecular flexibility index (Phi) is 0.571. The highest BCUT2D eigenvalue weighted by Gasteiger charge is 2.51. The molecule has 1 nitrogen and oxygen atoms in total. The maximum absolute atomic E-state index is 8.95. The molecule has 0 aromatic carbocycles. The molecule has 0 bridgehead atoms. The molecule has 2 aliphatic carbocycles. The van der Waals surface area contributed by atoms with Crippen LogP contribution in [-0.4, -0.2) is 11.2 Å². The lowest BCUT2D eigenvalue weighted by Crippen LogP contribution is -1.88. The normalized spacial score (nSPS) is 57.0. The minimum atomic E-state index is 0.119. The molecule has 7 heavy (non-hydrogen) atoms. The molecule has 0 saturated heterocycles. The first-order chi connectivity index (χ1) is 3.39. The van der Waals surface area contributed by atoms with Crippen LogP contribution in [0.5, 0.6) is 0 Å². The van der Waals surface area contributed by atoms with E-state index < -0.39 is 0 Å². The van der Waals surface area contributed by atoms with Crippen molar-refractivity contribution in [3.8, 4) is 0 Å². The summed E-state index contributed by atoms with van der Waals surface area (Å²) in [4.78, 5) is 0. The third kappa shape index (κ3) is 0.367. The van der Waals surface area contributed by atoms with Gasteiger partial charge in [-0.1, -0.05) is 6.42 Å². The summed E-state index contributed by atoms with van der Waals surface area (Å²) in [5, 5.41) is 8.95. The van der Waals surface area contributed by atoms with Crippen molar-refractivity contribution < 1.29 is 5.11 Å². The van der Waals surface area contributed by atoms with Crippen LogP contribution in [0.4, 0.5) is 0 Å². The molecule has 0 heterocycles. The van der Waals surface area contributed by atoms with Gasteiger partial charge in [0, 0.05) is 0 Å². The van der Waals surface area contributed by atoms with E-state index in [4.69, 9.17) is 5.11 Å². The quantitative estimate of drug-likeness (QED) is 0.474. The Labute approximate surface area is 43.3 Å². The monoisotopic (exact) mass is 98.1 g/mol. The minimum absolute atomic E-state index is 0.119. The van der Waals surface area contributed by atoms with Crippen molar-refractivity contribution in [3.63, 3.8) is 0 Å². The van der Waals surface area contributed by atoms with E-state index >= 15 is 0 Å². The van der Waals surface area contributed by atoms with Crippen LogP contribution in [0.1, 0.15) is 19.3 Å². The fourth-order valence-electron chi connectivity index (χ4n) is 1.78. The molecule has 1 heteroatoms. The number of aliphatic hydroxyl groups is 1. The molecule has 2 saturated carbocycles. The third-order valence-corrected chi connectivity index (χ3v) is 2.36. The average Bonchev–Trinajstić information content (AvgIpc) is 2.26. The predicted octanol–water partition coefficient (Wildman–Crippen LogP) is 0.777. The number of hydrogen-bond donors (Lipinski definition) is 1. The van der Waals surface area contributed by atoms with Crippen molar-refractivity contribution in [1.29, 1.82) is 0 Å². The van der Waals surface area contributed by atoms with Gasteiger partial charge in [0.05, 0.1) is 6.10 Å². The molecule has 0 spiro atoms. The van der Waals surface area contributed by atoms with Gasteiger partial charge in [-0.15, -0.1) is 0 Å². The van der Waals surface area contributed by atoms with Crippen molar-refractivity contribution in [2.24, 2.45) is 11.8 Å². The van der Waals surface area contributed by atoms with Gasteiger partial charge in [0.1, 0.15) is 0 Å². The maximum atomic E-state index is 8.95. The van der Waals surface area contributed by atoms with E-state index in [2.05, 4.69) is 0 Å². The molecule has 0 amide bonds. The molecule has 2 rings (SSSR count). The van der Waals surface area contributed by atoms with Gasteiger partial charge in [-0.25, -0.2) is 0 Å². The molecule has 3 atom stereocenters. The second-order valence-corrected chi connectivity index (χ2v) is 2.75. The summed E-state index contributed by atoms with van der Waals surface area (Å²) in [6.07, 6.45) is 4.08. The van der Waals surface area contributed by atoms with Gasteiger partial charge < -0.3 is 5.11 Å². The van der Waals surface area contributed by atoms with Crippen LogP contribution in [0.3, 0.4) is 0 Å². The Balaban J connectivity index is 2.06. The van der Waals surface area contributed by atoms with E-state index in [1.165, 1.54) is 19.3 Å². The van der Waals surface area contributed by atoms with Gasteiger partial charge in [0.2, 0.25) is 0 Å². The predicted molar refractivity (Wildman–Crippen MR) is 26.8 cm³/mol. The second-order valence-electron chi connectivity index (χ2n) is 2.75. The number of rotatable bonds is 0. The summed E-state index contributed by atoms with van der Waals surface area (Å²) < 4.78 is 0. The van der Waals surface area contributed by atoms with Gasteiger partial charge in [-0.05, 0) is 24.7 Å². The Morgan fingerprint density at radius 3 is 2.00 bits per heavy atom. The molecular weight excluding hydrogens is 88.1 g/mol. The molecular formula is C6H10O.